The standard InChI is InChI=1S/C12H13N5/c13-11-12(16-9-3-4-9)17-10(7-15-11)8-2-1-5-14-6-8/h1-2,5-7,9H,3-4H2,(H2,13,15)(H,16,17). The van der Waals surface area contributed by atoms with E-state index in [4.69, 9.17) is 5.73 Å². The normalized spacial score (nSPS) is 14.6. The Kier molecular flexibility index (Phi) is 2.36. The van der Waals surface area contributed by atoms with Crippen LogP contribution in [-0.4, -0.2) is 21.0 Å². The summed E-state index contributed by atoms with van der Waals surface area (Å²) in [5.74, 6) is 1.12. The van der Waals surface area contributed by atoms with Crippen molar-refractivity contribution in [2.45, 2.75) is 18.9 Å². The maximum absolute atomic E-state index is 5.79. The minimum absolute atomic E-state index is 0.449. The first kappa shape index (κ1) is 10.0. The number of pyridine rings is 1. The molecule has 3 rings (SSSR count). The van der Waals surface area contributed by atoms with E-state index in [1.54, 1.807) is 18.6 Å². The fourth-order valence-corrected chi connectivity index (χ4v) is 1.58. The van der Waals surface area contributed by atoms with Crippen molar-refractivity contribution in [3.63, 3.8) is 0 Å². The van der Waals surface area contributed by atoms with E-state index in [1.165, 1.54) is 12.8 Å². The van der Waals surface area contributed by atoms with Gasteiger partial charge in [-0.1, -0.05) is 0 Å². The molecule has 5 heteroatoms. The summed E-state index contributed by atoms with van der Waals surface area (Å²) in [6.07, 6.45) is 7.53. The Morgan fingerprint density at radius 2 is 2.18 bits per heavy atom. The monoisotopic (exact) mass is 227 g/mol. The topological polar surface area (TPSA) is 76.7 Å². The number of anilines is 2. The second-order valence-electron chi connectivity index (χ2n) is 4.15. The van der Waals surface area contributed by atoms with Gasteiger partial charge in [0.2, 0.25) is 0 Å². The Bertz CT molecular complexity index is 522. The predicted octanol–water partition coefficient (Wildman–Crippen LogP) is 1.70. The van der Waals surface area contributed by atoms with E-state index in [-0.39, 0.29) is 0 Å². The molecule has 0 aliphatic heterocycles. The molecule has 3 N–H and O–H groups in total. The zero-order chi connectivity index (χ0) is 11.7. The van der Waals surface area contributed by atoms with Crippen LogP contribution in [0.1, 0.15) is 12.8 Å². The van der Waals surface area contributed by atoms with Gasteiger partial charge in [0, 0.05) is 24.0 Å². The molecule has 2 aromatic heterocycles. The first-order chi connectivity index (χ1) is 8.33. The second kappa shape index (κ2) is 4.01. The molecule has 1 fully saturated rings. The number of hydrogen-bond acceptors (Lipinski definition) is 5. The SMILES string of the molecule is Nc1ncc(-c2cccnc2)nc1NC1CC1. The number of hydrogen-bond donors (Lipinski definition) is 2. The lowest BCUT2D eigenvalue weighted by atomic mass is 10.2. The van der Waals surface area contributed by atoms with Crippen molar-refractivity contribution in [1.82, 2.24) is 15.0 Å². The largest absolute Gasteiger partial charge is 0.381 e. The average molecular weight is 227 g/mol. The van der Waals surface area contributed by atoms with Crippen molar-refractivity contribution in [3.05, 3.63) is 30.7 Å². The van der Waals surface area contributed by atoms with E-state index >= 15 is 0 Å². The fourth-order valence-electron chi connectivity index (χ4n) is 1.58. The van der Waals surface area contributed by atoms with Gasteiger partial charge < -0.3 is 11.1 Å². The summed E-state index contributed by atoms with van der Waals surface area (Å²) in [5, 5.41) is 3.28. The van der Waals surface area contributed by atoms with Crippen molar-refractivity contribution < 1.29 is 0 Å². The zero-order valence-corrected chi connectivity index (χ0v) is 9.30. The van der Waals surface area contributed by atoms with Crippen LogP contribution in [0.15, 0.2) is 30.7 Å². The van der Waals surface area contributed by atoms with Gasteiger partial charge in [0.05, 0.1) is 11.9 Å². The first-order valence-electron chi connectivity index (χ1n) is 5.62. The molecule has 2 aromatic rings. The van der Waals surface area contributed by atoms with Crippen molar-refractivity contribution in [2.75, 3.05) is 11.1 Å². The Hall–Kier alpha value is -2.17. The smallest absolute Gasteiger partial charge is 0.169 e. The minimum atomic E-state index is 0.449. The molecule has 0 spiro atoms. The van der Waals surface area contributed by atoms with Crippen molar-refractivity contribution in [2.24, 2.45) is 0 Å². The Labute approximate surface area is 99.1 Å². The number of nitrogens with two attached hydrogens (primary N) is 1. The molecule has 0 bridgehead atoms. The number of nitrogens with zero attached hydrogens (tertiary/aromatic N) is 3. The van der Waals surface area contributed by atoms with Crippen LogP contribution in [0.25, 0.3) is 11.3 Å². The van der Waals surface area contributed by atoms with Crippen molar-refractivity contribution in [1.29, 1.82) is 0 Å². The average Bonchev–Trinajstić information content (AvgIpc) is 3.17. The third-order valence-electron chi connectivity index (χ3n) is 2.68. The maximum atomic E-state index is 5.79. The van der Waals surface area contributed by atoms with Gasteiger partial charge in [0.25, 0.3) is 0 Å². The third-order valence-corrected chi connectivity index (χ3v) is 2.68. The fraction of sp³-hybridized carbons (Fsp3) is 0.250. The van der Waals surface area contributed by atoms with Gasteiger partial charge in [0.1, 0.15) is 0 Å². The second-order valence-corrected chi connectivity index (χ2v) is 4.15. The highest BCUT2D eigenvalue weighted by atomic mass is 15.1. The van der Waals surface area contributed by atoms with Crippen LogP contribution in [0.2, 0.25) is 0 Å². The highest BCUT2D eigenvalue weighted by molar-refractivity contribution is 5.65. The zero-order valence-electron chi connectivity index (χ0n) is 9.30. The lowest BCUT2D eigenvalue weighted by Gasteiger charge is -2.08. The molecule has 0 atom stereocenters. The Balaban J connectivity index is 1.95. The van der Waals surface area contributed by atoms with Crippen LogP contribution < -0.4 is 11.1 Å². The van der Waals surface area contributed by atoms with Crippen LogP contribution in [-0.2, 0) is 0 Å². The van der Waals surface area contributed by atoms with Gasteiger partial charge in [0.15, 0.2) is 11.6 Å². The summed E-state index contributed by atoms with van der Waals surface area (Å²) in [6, 6.07) is 4.34. The van der Waals surface area contributed by atoms with Crippen LogP contribution in [0.4, 0.5) is 11.6 Å². The lowest BCUT2D eigenvalue weighted by molar-refractivity contribution is 1.09. The summed E-state index contributed by atoms with van der Waals surface area (Å²) in [6.45, 7) is 0. The molecule has 0 radical (unpaired) electrons. The Morgan fingerprint density at radius 1 is 1.29 bits per heavy atom. The van der Waals surface area contributed by atoms with Gasteiger partial charge in [-0.3, -0.25) is 4.98 Å². The number of aromatic nitrogens is 3. The quantitative estimate of drug-likeness (QED) is 0.834. The summed E-state index contributed by atoms with van der Waals surface area (Å²) in [7, 11) is 0. The molecule has 1 aliphatic carbocycles. The van der Waals surface area contributed by atoms with Crippen LogP contribution in [0.5, 0.6) is 0 Å². The van der Waals surface area contributed by atoms with Crippen LogP contribution >= 0.6 is 0 Å². The molecule has 5 nitrogen and oxygen atoms in total. The van der Waals surface area contributed by atoms with Crippen molar-refractivity contribution in [3.8, 4) is 11.3 Å². The molecule has 2 heterocycles. The molecular weight excluding hydrogens is 214 g/mol. The molecule has 0 unspecified atom stereocenters. The lowest BCUT2D eigenvalue weighted by Crippen LogP contribution is -2.08. The molecule has 0 saturated heterocycles. The number of nitrogen functional groups attached to an aromatic ring is 1. The van der Waals surface area contributed by atoms with Gasteiger partial charge >= 0.3 is 0 Å². The van der Waals surface area contributed by atoms with Crippen LogP contribution in [0, 0.1) is 0 Å². The van der Waals surface area contributed by atoms with Crippen molar-refractivity contribution >= 4 is 11.6 Å². The highest BCUT2D eigenvalue weighted by Crippen LogP contribution is 2.27. The van der Waals surface area contributed by atoms with Gasteiger partial charge in [-0.2, -0.15) is 0 Å². The molecular formula is C12H13N5. The van der Waals surface area contributed by atoms with E-state index in [9.17, 15) is 0 Å². The van der Waals surface area contributed by atoms with Crippen LogP contribution in [0.3, 0.4) is 0 Å². The summed E-state index contributed by atoms with van der Waals surface area (Å²) in [4.78, 5) is 12.7. The third kappa shape index (κ3) is 2.18. The Morgan fingerprint density at radius 3 is 2.88 bits per heavy atom. The molecule has 0 amide bonds. The number of rotatable bonds is 3. The molecule has 1 saturated carbocycles. The number of nitrogens with one attached hydrogen (secondary N) is 1. The molecule has 17 heavy (non-hydrogen) atoms. The molecule has 0 aromatic carbocycles. The van der Waals surface area contributed by atoms with E-state index in [0.717, 1.165) is 11.3 Å². The van der Waals surface area contributed by atoms with Gasteiger partial charge in [-0.15, -0.1) is 0 Å². The summed E-state index contributed by atoms with van der Waals surface area (Å²) >= 11 is 0. The summed E-state index contributed by atoms with van der Waals surface area (Å²) < 4.78 is 0. The van der Waals surface area contributed by atoms with E-state index < -0.39 is 0 Å². The van der Waals surface area contributed by atoms with Gasteiger partial charge in [-0.05, 0) is 25.0 Å². The first-order valence-corrected chi connectivity index (χ1v) is 5.62. The molecule has 1 aliphatic rings. The summed E-state index contributed by atoms with van der Waals surface area (Å²) in [5.41, 5.74) is 7.52. The highest BCUT2D eigenvalue weighted by Gasteiger charge is 2.22. The predicted molar refractivity (Wildman–Crippen MR) is 66.3 cm³/mol. The van der Waals surface area contributed by atoms with E-state index in [1.807, 2.05) is 12.1 Å². The minimum Gasteiger partial charge on any atom is -0.381 e. The van der Waals surface area contributed by atoms with E-state index in [2.05, 4.69) is 20.3 Å². The molecule has 86 valence electrons. The van der Waals surface area contributed by atoms with E-state index in [0.29, 0.717) is 17.7 Å². The maximum Gasteiger partial charge on any atom is 0.169 e. The van der Waals surface area contributed by atoms with Gasteiger partial charge in [-0.25, -0.2) is 9.97 Å².